The van der Waals surface area contributed by atoms with Gasteiger partial charge in [-0.1, -0.05) is 40.0 Å². The molecule has 0 aliphatic heterocycles. The average Bonchev–Trinajstić information content (AvgIpc) is 2.06. The third kappa shape index (κ3) is 7.35. The minimum atomic E-state index is 0.867. The van der Waals surface area contributed by atoms with Crippen molar-refractivity contribution >= 4 is 23.5 Å². The van der Waals surface area contributed by atoms with Crippen LogP contribution in [0.15, 0.2) is 0 Å². The molecule has 0 unspecified atom stereocenters. The molecule has 2 heteroatoms. The fourth-order valence-electron chi connectivity index (χ4n) is 1.15. The molecular weight excluding hydrogens is 184 g/mol. The minimum Gasteiger partial charge on any atom is -0.148 e. The molecule has 0 fully saturated rings. The molecule has 0 saturated heterocycles. The summed E-state index contributed by atoms with van der Waals surface area (Å²) in [7, 11) is 0. The van der Waals surface area contributed by atoms with Gasteiger partial charge >= 0.3 is 0 Å². The second-order valence-electron chi connectivity index (χ2n) is 2.84. The standard InChI is InChI=1S/C10H22S2/c1-4-7-8-9-10(11-5-2)12-6-3/h10H,4-9H2,1-3H3. The van der Waals surface area contributed by atoms with E-state index in [1.54, 1.807) is 0 Å². The quantitative estimate of drug-likeness (QED) is 0.426. The lowest BCUT2D eigenvalue weighted by Crippen LogP contribution is -1.98. The maximum absolute atomic E-state index is 2.27. The Morgan fingerprint density at radius 2 is 1.50 bits per heavy atom. The van der Waals surface area contributed by atoms with Gasteiger partial charge in [0.25, 0.3) is 0 Å². The highest BCUT2D eigenvalue weighted by atomic mass is 32.2. The van der Waals surface area contributed by atoms with Gasteiger partial charge in [-0.25, -0.2) is 0 Å². The second kappa shape index (κ2) is 9.79. The van der Waals surface area contributed by atoms with Crippen LogP contribution in [0.25, 0.3) is 0 Å². The van der Waals surface area contributed by atoms with Gasteiger partial charge in [-0.15, -0.1) is 23.5 Å². The SMILES string of the molecule is CCCCCC(SCC)SCC. The molecule has 74 valence electrons. The summed E-state index contributed by atoms with van der Waals surface area (Å²) in [4.78, 5) is 0. The Hall–Kier alpha value is 0.700. The zero-order valence-corrected chi connectivity index (χ0v) is 10.3. The molecule has 0 amide bonds. The van der Waals surface area contributed by atoms with Gasteiger partial charge in [-0.2, -0.15) is 0 Å². The van der Waals surface area contributed by atoms with E-state index in [2.05, 4.69) is 44.3 Å². The molecule has 0 aliphatic rings. The van der Waals surface area contributed by atoms with Crippen LogP contribution in [0, 0.1) is 0 Å². The Morgan fingerprint density at radius 1 is 0.917 bits per heavy atom. The van der Waals surface area contributed by atoms with Crippen molar-refractivity contribution in [2.75, 3.05) is 11.5 Å². The van der Waals surface area contributed by atoms with Crippen molar-refractivity contribution in [1.29, 1.82) is 0 Å². The van der Waals surface area contributed by atoms with Gasteiger partial charge in [0.2, 0.25) is 0 Å². The van der Waals surface area contributed by atoms with Crippen molar-refractivity contribution in [2.24, 2.45) is 0 Å². The van der Waals surface area contributed by atoms with Gasteiger partial charge < -0.3 is 0 Å². The monoisotopic (exact) mass is 206 g/mol. The van der Waals surface area contributed by atoms with E-state index in [1.807, 2.05) is 0 Å². The van der Waals surface area contributed by atoms with Crippen LogP contribution >= 0.6 is 23.5 Å². The maximum Gasteiger partial charge on any atom is 0.0502 e. The normalized spacial score (nSPS) is 11.0. The van der Waals surface area contributed by atoms with E-state index in [0.29, 0.717) is 0 Å². The number of hydrogen-bond donors (Lipinski definition) is 0. The molecule has 0 aliphatic carbocycles. The summed E-state index contributed by atoms with van der Waals surface area (Å²) in [6.07, 6.45) is 5.58. The lowest BCUT2D eigenvalue weighted by Gasteiger charge is -2.13. The first-order valence-corrected chi connectivity index (χ1v) is 7.18. The van der Waals surface area contributed by atoms with Crippen molar-refractivity contribution in [1.82, 2.24) is 0 Å². The number of hydrogen-bond acceptors (Lipinski definition) is 2. The lowest BCUT2D eigenvalue weighted by molar-refractivity contribution is 0.697. The first-order chi connectivity index (χ1) is 5.85. The molecule has 0 atom stereocenters. The molecule has 0 spiro atoms. The highest BCUT2D eigenvalue weighted by Crippen LogP contribution is 2.28. The van der Waals surface area contributed by atoms with E-state index in [-0.39, 0.29) is 0 Å². The Bertz CT molecular complexity index is 77.9. The van der Waals surface area contributed by atoms with Gasteiger partial charge in [-0.3, -0.25) is 0 Å². The largest absolute Gasteiger partial charge is 0.148 e. The van der Waals surface area contributed by atoms with Gasteiger partial charge in [0.15, 0.2) is 0 Å². The molecular formula is C10H22S2. The van der Waals surface area contributed by atoms with E-state index in [4.69, 9.17) is 0 Å². The third-order valence-corrected chi connectivity index (χ3v) is 4.45. The number of unbranched alkanes of at least 4 members (excludes halogenated alkanes) is 2. The van der Waals surface area contributed by atoms with Crippen LogP contribution in [-0.2, 0) is 0 Å². The molecule has 0 aromatic heterocycles. The zero-order valence-electron chi connectivity index (χ0n) is 8.64. The summed E-state index contributed by atoms with van der Waals surface area (Å²) >= 11 is 4.23. The Balaban J connectivity index is 3.34. The fraction of sp³-hybridized carbons (Fsp3) is 1.00. The van der Waals surface area contributed by atoms with Crippen molar-refractivity contribution in [3.8, 4) is 0 Å². The molecule has 0 saturated carbocycles. The molecule has 12 heavy (non-hydrogen) atoms. The second-order valence-corrected chi connectivity index (χ2v) is 6.09. The lowest BCUT2D eigenvalue weighted by atomic mass is 10.2. The Labute approximate surface area is 86.3 Å². The molecule has 0 rings (SSSR count). The molecule has 0 heterocycles. The fourth-order valence-corrected chi connectivity index (χ4v) is 3.76. The average molecular weight is 206 g/mol. The van der Waals surface area contributed by atoms with Crippen LogP contribution in [-0.4, -0.2) is 16.1 Å². The summed E-state index contributed by atoms with van der Waals surface area (Å²) in [5.41, 5.74) is 0. The third-order valence-electron chi connectivity index (χ3n) is 1.75. The smallest absolute Gasteiger partial charge is 0.0502 e. The summed E-state index contributed by atoms with van der Waals surface area (Å²) in [5, 5.41) is 0. The van der Waals surface area contributed by atoms with Crippen LogP contribution in [0.4, 0.5) is 0 Å². The van der Waals surface area contributed by atoms with Crippen molar-refractivity contribution in [3.05, 3.63) is 0 Å². The molecule has 0 N–H and O–H groups in total. The van der Waals surface area contributed by atoms with Gasteiger partial charge in [-0.05, 0) is 17.9 Å². The van der Waals surface area contributed by atoms with Crippen molar-refractivity contribution < 1.29 is 0 Å². The summed E-state index contributed by atoms with van der Waals surface area (Å²) in [6.45, 7) is 6.79. The summed E-state index contributed by atoms with van der Waals surface area (Å²) in [6, 6.07) is 0. The minimum absolute atomic E-state index is 0.867. The van der Waals surface area contributed by atoms with Gasteiger partial charge in [0, 0.05) is 0 Å². The van der Waals surface area contributed by atoms with E-state index in [0.717, 1.165) is 4.58 Å². The van der Waals surface area contributed by atoms with Crippen LogP contribution in [0.5, 0.6) is 0 Å². The molecule has 0 aromatic carbocycles. The molecule has 0 bridgehead atoms. The number of rotatable bonds is 8. The van der Waals surface area contributed by atoms with Crippen LogP contribution < -0.4 is 0 Å². The maximum atomic E-state index is 2.27. The topological polar surface area (TPSA) is 0 Å². The Morgan fingerprint density at radius 3 is 1.92 bits per heavy atom. The Kier molecular flexibility index (Phi) is 10.4. The predicted molar refractivity (Wildman–Crippen MR) is 64.2 cm³/mol. The van der Waals surface area contributed by atoms with Crippen molar-refractivity contribution in [2.45, 2.75) is 51.0 Å². The molecule has 0 aromatic rings. The van der Waals surface area contributed by atoms with Gasteiger partial charge in [0.05, 0.1) is 4.58 Å². The zero-order chi connectivity index (χ0) is 9.23. The van der Waals surface area contributed by atoms with Gasteiger partial charge in [0.1, 0.15) is 0 Å². The molecule has 0 nitrogen and oxygen atoms in total. The van der Waals surface area contributed by atoms with E-state index >= 15 is 0 Å². The highest BCUT2D eigenvalue weighted by Gasteiger charge is 2.06. The number of thioether (sulfide) groups is 2. The van der Waals surface area contributed by atoms with E-state index < -0.39 is 0 Å². The van der Waals surface area contributed by atoms with E-state index in [9.17, 15) is 0 Å². The van der Waals surface area contributed by atoms with Crippen LogP contribution in [0.3, 0.4) is 0 Å². The van der Waals surface area contributed by atoms with Crippen LogP contribution in [0.2, 0.25) is 0 Å². The first kappa shape index (κ1) is 12.7. The molecule has 0 radical (unpaired) electrons. The first-order valence-electron chi connectivity index (χ1n) is 5.08. The highest BCUT2D eigenvalue weighted by molar-refractivity contribution is 8.16. The predicted octanol–water partition coefficient (Wildman–Crippen LogP) is 4.40. The summed E-state index contributed by atoms with van der Waals surface area (Å²) in [5.74, 6) is 2.54. The van der Waals surface area contributed by atoms with Crippen LogP contribution in [0.1, 0.15) is 46.5 Å². The van der Waals surface area contributed by atoms with Crippen molar-refractivity contribution in [3.63, 3.8) is 0 Å². The van der Waals surface area contributed by atoms with E-state index in [1.165, 1.54) is 37.2 Å². The summed E-state index contributed by atoms with van der Waals surface area (Å²) < 4.78 is 0.867.